The summed E-state index contributed by atoms with van der Waals surface area (Å²) in [5, 5.41) is 28.2. The normalized spacial score (nSPS) is 13.5. The summed E-state index contributed by atoms with van der Waals surface area (Å²) in [4.78, 5) is 28.9. The number of carbonyl (C=O) groups excluding carboxylic acids is 2. The number of phenolic OH excluding ortho intramolecular Hbond substituents is 1. The van der Waals surface area contributed by atoms with Crippen LogP contribution >= 0.6 is 0 Å². The number of amidine groups is 2. The highest BCUT2D eigenvalue weighted by Crippen LogP contribution is 2.29. The molecule has 198 valence electrons. The topological polar surface area (TPSA) is 165 Å². The average molecular weight is 511 g/mol. The minimum absolute atomic E-state index is 0.0244. The third-order valence-corrected chi connectivity index (χ3v) is 6.06. The lowest BCUT2D eigenvalue weighted by atomic mass is 10.1. The van der Waals surface area contributed by atoms with Crippen LogP contribution < -0.4 is 20.7 Å². The summed E-state index contributed by atoms with van der Waals surface area (Å²) in [5.74, 6) is 0.185. The highest BCUT2D eigenvalue weighted by Gasteiger charge is 2.24. The molecule has 11 heteroatoms. The van der Waals surface area contributed by atoms with Crippen molar-refractivity contribution in [2.45, 2.75) is 39.7 Å². The fourth-order valence-corrected chi connectivity index (χ4v) is 4.09. The van der Waals surface area contributed by atoms with Crippen LogP contribution in [-0.4, -0.2) is 66.0 Å². The number of aryl methyl sites for hydroxylation is 1. The Balaban J connectivity index is 1.80. The van der Waals surface area contributed by atoms with Crippen LogP contribution in [0.15, 0.2) is 36.4 Å². The smallest absolute Gasteiger partial charge is 0.326 e. The molecule has 1 aliphatic rings. The van der Waals surface area contributed by atoms with Gasteiger partial charge >= 0.3 is 12.0 Å². The number of amides is 2. The number of hydrogen-bond acceptors (Lipinski definition) is 7. The number of urea groups is 1. The van der Waals surface area contributed by atoms with Gasteiger partial charge in [0, 0.05) is 37.2 Å². The number of nitrogens with zero attached hydrogens (tertiary/aromatic N) is 2. The van der Waals surface area contributed by atoms with Crippen LogP contribution in [0.5, 0.6) is 11.5 Å². The minimum Gasteiger partial charge on any atom is -0.506 e. The van der Waals surface area contributed by atoms with Gasteiger partial charge in [-0.25, -0.2) is 4.79 Å². The Morgan fingerprint density at radius 3 is 2.49 bits per heavy atom. The lowest BCUT2D eigenvalue weighted by Crippen LogP contribution is -2.40. The summed E-state index contributed by atoms with van der Waals surface area (Å²) in [7, 11) is 0. The standard InChI is InChI=1S/C26H34N6O5/c1-4-36-24(34)15-32(26(35)30-21-14-18(25(28)29)5-8-23(21)33)22-7-6-20(13-16(22)2)37-19-9-11-31(12-10-19)17(3)27/h5-8,13-14,19,27,33H,4,9-12,15H2,1-3H3,(H3,28,29)(H,30,35). The number of piperidine rings is 1. The molecule has 0 atom stereocenters. The molecule has 0 spiro atoms. The first-order valence-corrected chi connectivity index (χ1v) is 12.1. The van der Waals surface area contributed by atoms with Crippen LogP contribution in [0.25, 0.3) is 0 Å². The maximum Gasteiger partial charge on any atom is 0.326 e. The summed E-state index contributed by atoms with van der Waals surface area (Å²) < 4.78 is 11.2. The number of phenols is 1. The third-order valence-electron chi connectivity index (χ3n) is 6.06. The van der Waals surface area contributed by atoms with E-state index in [0.717, 1.165) is 25.9 Å². The highest BCUT2D eigenvalue weighted by molar-refractivity contribution is 6.06. The molecule has 3 rings (SSSR count). The lowest BCUT2D eigenvalue weighted by molar-refractivity contribution is -0.141. The summed E-state index contributed by atoms with van der Waals surface area (Å²) >= 11 is 0. The number of nitrogen functional groups attached to an aromatic ring is 1. The van der Waals surface area contributed by atoms with Crippen molar-refractivity contribution < 1.29 is 24.2 Å². The molecule has 2 amide bonds. The summed E-state index contributed by atoms with van der Waals surface area (Å²) in [6.07, 6.45) is 1.63. The number of rotatable bonds is 8. The molecule has 0 saturated carbocycles. The van der Waals surface area contributed by atoms with Gasteiger partial charge in [-0.15, -0.1) is 0 Å². The van der Waals surface area contributed by atoms with Crippen molar-refractivity contribution in [3.63, 3.8) is 0 Å². The van der Waals surface area contributed by atoms with Crippen LogP contribution in [0.1, 0.15) is 37.8 Å². The Morgan fingerprint density at radius 1 is 1.19 bits per heavy atom. The molecule has 2 aromatic carbocycles. The third kappa shape index (κ3) is 7.12. The van der Waals surface area contributed by atoms with Gasteiger partial charge in [-0.1, -0.05) is 0 Å². The number of nitrogens with one attached hydrogen (secondary N) is 3. The van der Waals surface area contributed by atoms with Gasteiger partial charge in [0.05, 0.1) is 18.1 Å². The number of carbonyl (C=O) groups is 2. The molecule has 1 heterocycles. The van der Waals surface area contributed by atoms with Crippen LogP contribution in [-0.2, 0) is 9.53 Å². The van der Waals surface area contributed by atoms with Gasteiger partial charge in [0.15, 0.2) is 0 Å². The number of nitrogens with two attached hydrogens (primary N) is 1. The molecule has 2 aromatic rings. The van der Waals surface area contributed by atoms with Gasteiger partial charge in [0.25, 0.3) is 0 Å². The predicted molar refractivity (Wildman–Crippen MR) is 142 cm³/mol. The number of benzene rings is 2. The van der Waals surface area contributed by atoms with E-state index < -0.39 is 12.0 Å². The predicted octanol–water partition coefficient (Wildman–Crippen LogP) is 3.43. The molecule has 0 aromatic heterocycles. The molecule has 0 radical (unpaired) electrons. The van der Waals surface area contributed by atoms with Crippen LogP contribution in [0.2, 0.25) is 0 Å². The van der Waals surface area contributed by atoms with Crippen molar-refractivity contribution in [2.24, 2.45) is 5.73 Å². The molecule has 0 unspecified atom stereocenters. The molecule has 1 aliphatic heterocycles. The molecule has 0 bridgehead atoms. The molecule has 1 saturated heterocycles. The van der Waals surface area contributed by atoms with Crippen LogP contribution in [0, 0.1) is 17.7 Å². The molecule has 0 aliphatic carbocycles. The van der Waals surface area contributed by atoms with E-state index in [1.54, 1.807) is 26.0 Å². The van der Waals surface area contributed by atoms with Crippen molar-refractivity contribution >= 4 is 35.0 Å². The molecular formula is C26H34N6O5. The summed E-state index contributed by atoms with van der Waals surface area (Å²) in [6.45, 7) is 6.61. The van der Waals surface area contributed by atoms with Crippen LogP contribution in [0.3, 0.4) is 0 Å². The molecule has 6 N–H and O–H groups in total. The first-order chi connectivity index (χ1) is 17.6. The van der Waals surface area contributed by atoms with Crippen molar-refractivity contribution in [2.75, 3.05) is 36.5 Å². The van der Waals surface area contributed by atoms with E-state index in [9.17, 15) is 14.7 Å². The fraction of sp³-hybridized carbons (Fsp3) is 0.385. The van der Waals surface area contributed by atoms with E-state index >= 15 is 0 Å². The molecule has 37 heavy (non-hydrogen) atoms. The zero-order valence-electron chi connectivity index (χ0n) is 21.3. The first-order valence-electron chi connectivity index (χ1n) is 12.1. The SMILES string of the molecule is CCOC(=O)CN(C(=O)Nc1cc(C(=N)N)ccc1O)c1ccc(OC2CCN(C(C)=N)CC2)cc1C. The highest BCUT2D eigenvalue weighted by atomic mass is 16.5. The van der Waals surface area contributed by atoms with Gasteiger partial charge in [-0.05, 0) is 62.7 Å². The Bertz CT molecular complexity index is 1180. The maximum atomic E-state index is 13.3. The number of anilines is 2. The van der Waals surface area contributed by atoms with Crippen molar-refractivity contribution in [3.05, 3.63) is 47.5 Å². The maximum absolute atomic E-state index is 13.3. The average Bonchev–Trinajstić information content (AvgIpc) is 2.84. The van der Waals surface area contributed by atoms with Crippen molar-refractivity contribution in [1.29, 1.82) is 10.8 Å². The second kappa shape index (κ2) is 12.1. The van der Waals surface area contributed by atoms with Crippen molar-refractivity contribution in [3.8, 4) is 11.5 Å². The van der Waals surface area contributed by atoms with E-state index in [0.29, 0.717) is 28.4 Å². The largest absolute Gasteiger partial charge is 0.506 e. The lowest BCUT2D eigenvalue weighted by Gasteiger charge is -2.33. The zero-order valence-corrected chi connectivity index (χ0v) is 21.3. The quantitative estimate of drug-likeness (QED) is 0.157. The van der Waals surface area contributed by atoms with E-state index in [4.69, 9.17) is 26.0 Å². The fourth-order valence-electron chi connectivity index (χ4n) is 4.09. The van der Waals surface area contributed by atoms with E-state index in [2.05, 4.69) is 5.32 Å². The summed E-state index contributed by atoms with van der Waals surface area (Å²) in [6, 6.07) is 8.75. The molecule has 1 fully saturated rings. The Morgan fingerprint density at radius 2 is 1.89 bits per heavy atom. The second-order valence-corrected chi connectivity index (χ2v) is 8.80. The monoisotopic (exact) mass is 510 g/mol. The van der Waals surface area contributed by atoms with Crippen LogP contribution in [0.4, 0.5) is 16.2 Å². The van der Waals surface area contributed by atoms with Gasteiger partial charge in [0.2, 0.25) is 0 Å². The van der Waals surface area contributed by atoms with Crippen molar-refractivity contribution in [1.82, 2.24) is 4.90 Å². The van der Waals surface area contributed by atoms with E-state index in [1.807, 2.05) is 17.9 Å². The second-order valence-electron chi connectivity index (χ2n) is 8.80. The Kier molecular flexibility index (Phi) is 8.94. The number of aromatic hydroxyl groups is 1. The van der Waals surface area contributed by atoms with E-state index in [-0.39, 0.29) is 36.5 Å². The zero-order chi connectivity index (χ0) is 27.1. The summed E-state index contributed by atoms with van der Waals surface area (Å²) in [5.41, 5.74) is 7.07. The van der Waals surface area contributed by atoms with Gasteiger partial charge in [-0.2, -0.15) is 0 Å². The number of hydrogen-bond donors (Lipinski definition) is 5. The first kappa shape index (κ1) is 27.3. The Labute approximate surface area is 216 Å². The number of ether oxygens (including phenoxy) is 2. The van der Waals surface area contributed by atoms with Gasteiger partial charge < -0.3 is 30.5 Å². The minimum atomic E-state index is -0.671. The van der Waals surface area contributed by atoms with Gasteiger partial charge in [0.1, 0.15) is 30.0 Å². The Hall–Kier alpha value is -4.28. The number of likely N-dealkylation sites (tertiary alicyclic amines) is 1. The van der Waals surface area contributed by atoms with E-state index in [1.165, 1.54) is 23.1 Å². The number of esters is 1. The molecule has 11 nitrogen and oxygen atoms in total. The molecular weight excluding hydrogens is 476 g/mol. The van der Waals surface area contributed by atoms with Gasteiger partial charge in [-0.3, -0.25) is 20.5 Å².